The van der Waals surface area contributed by atoms with E-state index in [-0.39, 0.29) is 18.4 Å². The predicted molar refractivity (Wildman–Crippen MR) is 71.0 cm³/mol. The van der Waals surface area contributed by atoms with Crippen LogP contribution in [0.5, 0.6) is 0 Å². The van der Waals surface area contributed by atoms with Gasteiger partial charge in [0.15, 0.2) is 0 Å². The van der Waals surface area contributed by atoms with Gasteiger partial charge in [-0.2, -0.15) is 0 Å². The molecule has 0 aliphatic heterocycles. The number of hydrogen-bond donors (Lipinski definition) is 3. The van der Waals surface area contributed by atoms with E-state index in [0.29, 0.717) is 12.3 Å². The van der Waals surface area contributed by atoms with E-state index in [1.54, 1.807) is 20.8 Å². The Balaban J connectivity index is 4.73. The number of aliphatic carboxylic acids is 1. The maximum Gasteiger partial charge on any atom is 0.326 e. The van der Waals surface area contributed by atoms with Crippen LogP contribution in [0.25, 0.3) is 0 Å². The van der Waals surface area contributed by atoms with Gasteiger partial charge in [-0.15, -0.1) is 0 Å². The van der Waals surface area contributed by atoms with Crippen LogP contribution in [0.4, 0.5) is 0 Å². The standard InChI is InChI=1S/C13H26N2O3/c1-8(2)6-9(7-14)11(16)15-10(12(17)18)13(3,4)5/h8-10H,6-7,14H2,1-5H3,(H,15,16)(H,17,18)/t9?,10-/m1/s1. The molecule has 0 aromatic heterocycles. The molecule has 0 fully saturated rings. The summed E-state index contributed by atoms with van der Waals surface area (Å²) < 4.78 is 0. The Labute approximate surface area is 109 Å². The zero-order valence-electron chi connectivity index (χ0n) is 12.0. The highest BCUT2D eigenvalue weighted by atomic mass is 16.4. The summed E-state index contributed by atoms with van der Waals surface area (Å²) >= 11 is 0. The normalized spacial score (nSPS) is 15.3. The fourth-order valence-corrected chi connectivity index (χ4v) is 1.79. The summed E-state index contributed by atoms with van der Waals surface area (Å²) in [5.74, 6) is -1.26. The van der Waals surface area contributed by atoms with Gasteiger partial charge >= 0.3 is 5.97 Å². The van der Waals surface area contributed by atoms with Crippen LogP contribution in [0.1, 0.15) is 41.0 Å². The Morgan fingerprint density at radius 1 is 1.28 bits per heavy atom. The van der Waals surface area contributed by atoms with Gasteiger partial charge in [-0.1, -0.05) is 34.6 Å². The molecule has 106 valence electrons. The number of rotatable bonds is 6. The first-order chi connectivity index (χ1) is 8.09. The van der Waals surface area contributed by atoms with Gasteiger partial charge in [0.1, 0.15) is 6.04 Å². The minimum atomic E-state index is -1.02. The minimum absolute atomic E-state index is 0.237. The molecule has 4 N–H and O–H groups in total. The van der Waals surface area contributed by atoms with E-state index in [1.165, 1.54) is 0 Å². The summed E-state index contributed by atoms with van der Waals surface area (Å²) in [5.41, 5.74) is 5.05. The highest BCUT2D eigenvalue weighted by Crippen LogP contribution is 2.20. The Hall–Kier alpha value is -1.10. The molecule has 18 heavy (non-hydrogen) atoms. The van der Waals surface area contributed by atoms with Crippen molar-refractivity contribution >= 4 is 11.9 Å². The SMILES string of the molecule is CC(C)CC(CN)C(=O)N[C@H](C(=O)O)C(C)(C)C. The maximum atomic E-state index is 12.0. The van der Waals surface area contributed by atoms with Gasteiger partial charge < -0.3 is 16.2 Å². The van der Waals surface area contributed by atoms with Crippen LogP contribution in [-0.4, -0.2) is 29.6 Å². The van der Waals surface area contributed by atoms with E-state index in [0.717, 1.165) is 0 Å². The van der Waals surface area contributed by atoms with Crippen molar-refractivity contribution < 1.29 is 14.7 Å². The molecule has 2 atom stereocenters. The van der Waals surface area contributed by atoms with Crippen LogP contribution in [0.2, 0.25) is 0 Å². The number of nitrogens with two attached hydrogens (primary N) is 1. The van der Waals surface area contributed by atoms with E-state index >= 15 is 0 Å². The van der Waals surface area contributed by atoms with Gasteiger partial charge in [-0.25, -0.2) is 4.79 Å². The quantitative estimate of drug-likeness (QED) is 0.668. The predicted octanol–water partition coefficient (Wildman–Crippen LogP) is 1.22. The Bertz CT molecular complexity index is 295. The van der Waals surface area contributed by atoms with Crippen LogP contribution in [-0.2, 0) is 9.59 Å². The van der Waals surface area contributed by atoms with E-state index in [2.05, 4.69) is 5.32 Å². The number of nitrogens with one attached hydrogen (secondary N) is 1. The fourth-order valence-electron chi connectivity index (χ4n) is 1.79. The van der Waals surface area contributed by atoms with E-state index in [1.807, 2.05) is 13.8 Å². The third-order valence-corrected chi connectivity index (χ3v) is 2.81. The molecule has 0 aliphatic carbocycles. The highest BCUT2D eigenvalue weighted by Gasteiger charge is 2.34. The first kappa shape index (κ1) is 16.9. The fraction of sp³-hybridized carbons (Fsp3) is 0.846. The van der Waals surface area contributed by atoms with Crippen LogP contribution in [0, 0.1) is 17.3 Å². The van der Waals surface area contributed by atoms with Crippen molar-refractivity contribution in [3.8, 4) is 0 Å². The van der Waals surface area contributed by atoms with Crippen LogP contribution in [0.15, 0.2) is 0 Å². The van der Waals surface area contributed by atoms with Gasteiger partial charge in [-0.05, 0) is 17.8 Å². The second-order valence-corrected chi connectivity index (χ2v) is 6.21. The molecule has 0 saturated carbocycles. The van der Waals surface area contributed by atoms with Crippen molar-refractivity contribution in [2.75, 3.05) is 6.54 Å². The molecule has 0 heterocycles. The molecule has 1 amide bonds. The number of carbonyl (C=O) groups excluding carboxylic acids is 1. The number of carbonyl (C=O) groups is 2. The average molecular weight is 258 g/mol. The first-order valence-electron chi connectivity index (χ1n) is 6.32. The largest absolute Gasteiger partial charge is 0.480 e. The summed E-state index contributed by atoms with van der Waals surface area (Å²) in [7, 11) is 0. The number of hydrogen-bond acceptors (Lipinski definition) is 3. The van der Waals surface area contributed by atoms with Gasteiger partial charge in [0, 0.05) is 6.54 Å². The van der Waals surface area contributed by atoms with E-state index in [4.69, 9.17) is 10.8 Å². The molecule has 0 bridgehead atoms. The average Bonchev–Trinajstić information content (AvgIpc) is 2.19. The summed E-state index contributed by atoms with van der Waals surface area (Å²) in [6, 6.07) is -0.897. The summed E-state index contributed by atoms with van der Waals surface area (Å²) in [6.07, 6.45) is 0.665. The Morgan fingerprint density at radius 3 is 2.06 bits per heavy atom. The second-order valence-electron chi connectivity index (χ2n) is 6.21. The Kier molecular flexibility index (Phi) is 6.32. The number of carboxylic acid groups (broad SMARTS) is 1. The third-order valence-electron chi connectivity index (χ3n) is 2.81. The second kappa shape index (κ2) is 6.73. The molecule has 0 aromatic rings. The summed E-state index contributed by atoms with van der Waals surface area (Å²) in [5, 5.41) is 11.7. The smallest absolute Gasteiger partial charge is 0.326 e. The van der Waals surface area contributed by atoms with Gasteiger partial charge in [-0.3, -0.25) is 4.79 Å². The minimum Gasteiger partial charge on any atom is -0.480 e. The molecule has 0 radical (unpaired) electrons. The molecule has 0 rings (SSSR count). The lowest BCUT2D eigenvalue weighted by atomic mass is 9.86. The molecule has 0 saturated heterocycles. The molecular formula is C13H26N2O3. The van der Waals surface area contributed by atoms with Gasteiger partial charge in [0.2, 0.25) is 5.91 Å². The van der Waals surface area contributed by atoms with Crippen molar-refractivity contribution in [3.05, 3.63) is 0 Å². The molecule has 5 heteroatoms. The van der Waals surface area contributed by atoms with Crippen molar-refractivity contribution in [1.82, 2.24) is 5.32 Å². The van der Waals surface area contributed by atoms with E-state index < -0.39 is 17.4 Å². The molecular weight excluding hydrogens is 232 g/mol. The monoisotopic (exact) mass is 258 g/mol. The van der Waals surface area contributed by atoms with Crippen LogP contribution < -0.4 is 11.1 Å². The lowest BCUT2D eigenvalue weighted by Crippen LogP contribution is -2.51. The molecule has 0 aromatic carbocycles. The first-order valence-corrected chi connectivity index (χ1v) is 6.32. The number of carboxylic acids is 1. The maximum absolute atomic E-state index is 12.0. The topological polar surface area (TPSA) is 92.4 Å². The van der Waals surface area contributed by atoms with Gasteiger partial charge in [0.05, 0.1) is 5.92 Å². The zero-order chi connectivity index (χ0) is 14.5. The molecule has 0 spiro atoms. The molecule has 5 nitrogen and oxygen atoms in total. The summed E-state index contributed by atoms with van der Waals surface area (Å²) in [4.78, 5) is 23.2. The zero-order valence-corrected chi connectivity index (χ0v) is 12.0. The van der Waals surface area contributed by atoms with Crippen molar-refractivity contribution in [2.24, 2.45) is 23.0 Å². The van der Waals surface area contributed by atoms with E-state index in [9.17, 15) is 9.59 Å². The lowest BCUT2D eigenvalue weighted by Gasteiger charge is -2.29. The lowest BCUT2D eigenvalue weighted by molar-refractivity contribution is -0.145. The van der Waals surface area contributed by atoms with Crippen molar-refractivity contribution in [1.29, 1.82) is 0 Å². The number of amides is 1. The highest BCUT2D eigenvalue weighted by molar-refractivity contribution is 5.85. The van der Waals surface area contributed by atoms with Crippen LogP contribution >= 0.6 is 0 Å². The molecule has 1 unspecified atom stereocenters. The molecule has 0 aliphatic rings. The Morgan fingerprint density at radius 2 is 1.78 bits per heavy atom. The van der Waals surface area contributed by atoms with Crippen molar-refractivity contribution in [2.45, 2.75) is 47.1 Å². The summed E-state index contributed by atoms with van der Waals surface area (Å²) in [6.45, 7) is 9.60. The van der Waals surface area contributed by atoms with Crippen LogP contribution in [0.3, 0.4) is 0 Å². The third kappa shape index (κ3) is 5.49. The van der Waals surface area contributed by atoms with Crippen molar-refractivity contribution in [3.63, 3.8) is 0 Å². The van der Waals surface area contributed by atoms with Gasteiger partial charge in [0.25, 0.3) is 0 Å².